The largest absolute Gasteiger partial charge is 0.394 e. The van der Waals surface area contributed by atoms with Crippen molar-refractivity contribution in [3.63, 3.8) is 0 Å². The van der Waals surface area contributed by atoms with Crippen LogP contribution in [0.4, 0.5) is 0 Å². The van der Waals surface area contributed by atoms with Crippen LogP contribution in [0.1, 0.15) is 5.56 Å². The van der Waals surface area contributed by atoms with Gasteiger partial charge in [-0.2, -0.15) is 0 Å². The van der Waals surface area contributed by atoms with Crippen molar-refractivity contribution in [3.05, 3.63) is 36.0 Å². The molecule has 1 fully saturated rings. The SMILES string of the molecule is CO[C@H]1O[C@H](CO)[C@H](O)[C@@](O)(c2c[nH]c3ccccc23)[C@H]1O. The summed E-state index contributed by atoms with van der Waals surface area (Å²) in [7, 11) is 1.32. The number of methoxy groups -OCH3 is 1. The van der Waals surface area contributed by atoms with Gasteiger partial charge in [0.05, 0.1) is 6.61 Å². The number of benzene rings is 1. The van der Waals surface area contributed by atoms with Crippen LogP contribution in [0.15, 0.2) is 30.5 Å². The molecule has 0 unspecified atom stereocenters. The first kappa shape index (κ1) is 15.4. The van der Waals surface area contributed by atoms with Gasteiger partial charge in [0.25, 0.3) is 0 Å². The number of hydrogen-bond acceptors (Lipinski definition) is 6. The van der Waals surface area contributed by atoms with Gasteiger partial charge in [0, 0.05) is 29.8 Å². The molecule has 3 rings (SSSR count). The maximum atomic E-state index is 11.1. The van der Waals surface area contributed by atoms with E-state index in [-0.39, 0.29) is 0 Å². The molecule has 5 atom stereocenters. The molecule has 5 N–H and O–H groups in total. The number of aromatic amines is 1. The summed E-state index contributed by atoms with van der Waals surface area (Å²) in [6.07, 6.45) is -3.75. The molecule has 1 aromatic heterocycles. The van der Waals surface area contributed by atoms with Gasteiger partial charge < -0.3 is 34.9 Å². The Morgan fingerprint density at radius 1 is 1.27 bits per heavy atom. The summed E-state index contributed by atoms with van der Waals surface area (Å²) < 4.78 is 10.3. The van der Waals surface area contributed by atoms with Gasteiger partial charge in [-0.15, -0.1) is 0 Å². The van der Waals surface area contributed by atoms with Gasteiger partial charge in [-0.25, -0.2) is 0 Å². The monoisotopic (exact) mass is 309 g/mol. The van der Waals surface area contributed by atoms with Crippen molar-refractivity contribution >= 4 is 10.9 Å². The minimum Gasteiger partial charge on any atom is -0.394 e. The molecule has 0 aliphatic carbocycles. The Morgan fingerprint density at radius 3 is 2.68 bits per heavy atom. The van der Waals surface area contributed by atoms with Gasteiger partial charge in [-0.3, -0.25) is 0 Å². The molecule has 0 bridgehead atoms. The van der Waals surface area contributed by atoms with Gasteiger partial charge in [-0.05, 0) is 6.07 Å². The highest BCUT2D eigenvalue weighted by atomic mass is 16.7. The molecule has 2 heterocycles. The van der Waals surface area contributed by atoms with Gasteiger partial charge in [-0.1, -0.05) is 18.2 Å². The standard InChI is InChI=1S/C15H19NO6/c1-21-14-13(19)15(20,12(18)11(7-17)22-14)9-6-16-10-5-3-2-4-8(9)10/h2-6,11-14,16-20H,7H2,1H3/t11-,12+,13+,14+,15+/m1/s1. The van der Waals surface area contributed by atoms with Crippen molar-refractivity contribution in [2.45, 2.75) is 30.2 Å². The van der Waals surface area contributed by atoms with Crippen molar-refractivity contribution in [3.8, 4) is 0 Å². The second-order valence-electron chi connectivity index (χ2n) is 5.42. The van der Waals surface area contributed by atoms with Gasteiger partial charge >= 0.3 is 0 Å². The van der Waals surface area contributed by atoms with Crippen molar-refractivity contribution in [1.29, 1.82) is 0 Å². The van der Waals surface area contributed by atoms with E-state index in [1.54, 1.807) is 12.1 Å². The second-order valence-corrected chi connectivity index (χ2v) is 5.42. The maximum Gasteiger partial charge on any atom is 0.186 e. The Labute approximate surface area is 126 Å². The quantitative estimate of drug-likeness (QED) is 0.519. The Morgan fingerprint density at radius 2 is 2.00 bits per heavy atom. The van der Waals surface area contributed by atoms with Crippen LogP contribution in [-0.4, -0.2) is 63.7 Å². The van der Waals surface area contributed by atoms with Crippen molar-refractivity contribution in [2.24, 2.45) is 0 Å². The second kappa shape index (κ2) is 5.62. The van der Waals surface area contributed by atoms with E-state index in [0.717, 1.165) is 5.52 Å². The van der Waals surface area contributed by atoms with E-state index in [9.17, 15) is 20.4 Å². The predicted octanol–water partition coefficient (Wildman–Crippen LogP) is -0.559. The lowest BCUT2D eigenvalue weighted by molar-refractivity contribution is -0.331. The number of ether oxygens (including phenoxy) is 2. The van der Waals surface area contributed by atoms with Gasteiger partial charge in [0.1, 0.15) is 18.3 Å². The number of H-pyrrole nitrogens is 1. The molecule has 0 saturated carbocycles. The lowest BCUT2D eigenvalue weighted by Crippen LogP contribution is -2.65. The van der Waals surface area contributed by atoms with E-state index in [2.05, 4.69) is 4.98 Å². The molecular weight excluding hydrogens is 290 g/mol. The maximum absolute atomic E-state index is 11.1. The van der Waals surface area contributed by atoms with Gasteiger partial charge in [0.15, 0.2) is 11.9 Å². The number of aliphatic hydroxyl groups is 4. The van der Waals surface area contributed by atoms with E-state index in [4.69, 9.17) is 9.47 Å². The highest BCUT2D eigenvalue weighted by Crippen LogP contribution is 2.41. The van der Waals surface area contributed by atoms with Crippen LogP contribution in [0.5, 0.6) is 0 Å². The molecule has 1 saturated heterocycles. The zero-order chi connectivity index (χ0) is 15.9. The number of nitrogens with one attached hydrogen (secondary N) is 1. The fourth-order valence-corrected chi connectivity index (χ4v) is 3.04. The summed E-state index contributed by atoms with van der Waals surface area (Å²) in [5.41, 5.74) is -0.954. The van der Waals surface area contributed by atoms with E-state index in [0.29, 0.717) is 10.9 Å². The van der Waals surface area contributed by atoms with Crippen molar-refractivity contribution < 1.29 is 29.9 Å². The number of aromatic nitrogens is 1. The Hall–Kier alpha value is -1.48. The molecule has 1 aliphatic rings. The molecule has 0 spiro atoms. The minimum absolute atomic E-state index is 0.326. The van der Waals surface area contributed by atoms with Crippen molar-refractivity contribution in [2.75, 3.05) is 13.7 Å². The average molecular weight is 309 g/mol. The normalized spacial score (nSPS) is 35.9. The van der Waals surface area contributed by atoms with Crippen LogP contribution in [0.3, 0.4) is 0 Å². The van der Waals surface area contributed by atoms with Gasteiger partial charge in [0.2, 0.25) is 0 Å². The number of hydrogen-bond donors (Lipinski definition) is 5. The van der Waals surface area contributed by atoms with E-state index >= 15 is 0 Å². The molecule has 1 aliphatic heterocycles. The van der Waals surface area contributed by atoms with E-state index < -0.39 is 36.8 Å². The molecular formula is C15H19NO6. The first-order valence-electron chi connectivity index (χ1n) is 6.98. The third kappa shape index (κ3) is 2.06. The number of fused-ring (bicyclic) bond motifs is 1. The summed E-state index contributed by atoms with van der Waals surface area (Å²) in [5, 5.41) is 42.0. The molecule has 7 heteroatoms. The zero-order valence-corrected chi connectivity index (χ0v) is 12.0. The summed E-state index contributed by atoms with van der Waals surface area (Å²) in [4.78, 5) is 2.99. The van der Waals surface area contributed by atoms with Crippen LogP contribution >= 0.6 is 0 Å². The lowest BCUT2D eigenvalue weighted by Gasteiger charge is -2.47. The summed E-state index contributed by atoms with van der Waals surface area (Å²) in [5.74, 6) is 0. The van der Waals surface area contributed by atoms with Crippen LogP contribution < -0.4 is 0 Å². The fraction of sp³-hybridized carbons (Fsp3) is 0.467. The molecule has 7 nitrogen and oxygen atoms in total. The first-order chi connectivity index (χ1) is 10.5. The average Bonchev–Trinajstić information content (AvgIpc) is 2.98. The number of rotatable bonds is 3. The third-order valence-corrected chi connectivity index (χ3v) is 4.25. The van der Waals surface area contributed by atoms with E-state index in [1.807, 2.05) is 12.1 Å². The lowest BCUT2D eigenvalue weighted by atomic mass is 9.78. The Bertz CT molecular complexity index is 640. The molecule has 120 valence electrons. The Balaban J connectivity index is 2.15. The molecule has 1 aromatic carbocycles. The molecule has 0 amide bonds. The van der Waals surface area contributed by atoms with Crippen LogP contribution in [0.25, 0.3) is 10.9 Å². The fourth-order valence-electron chi connectivity index (χ4n) is 3.04. The highest BCUT2D eigenvalue weighted by molar-refractivity contribution is 5.84. The Kier molecular flexibility index (Phi) is 3.94. The van der Waals surface area contributed by atoms with Crippen LogP contribution in [0, 0.1) is 0 Å². The third-order valence-electron chi connectivity index (χ3n) is 4.25. The summed E-state index contributed by atoms with van der Waals surface area (Å²) >= 11 is 0. The number of para-hydroxylation sites is 1. The molecule has 2 aromatic rings. The summed E-state index contributed by atoms with van der Waals surface area (Å²) in [6.45, 7) is -0.515. The minimum atomic E-state index is -2.04. The topological polar surface area (TPSA) is 115 Å². The predicted molar refractivity (Wildman–Crippen MR) is 77.0 cm³/mol. The van der Waals surface area contributed by atoms with Crippen LogP contribution in [0.2, 0.25) is 0 Å². The molecule has 22 heavy (non-hydrogen) atoms. The zero-order valence-electron chi connectivity index (χ0n) is 12.0. The van der Waals surface area contributed by atoms with Crippen LogP contribution in [-0.2, 0) is 15.1 Å². The first-order valence-corrected chi connectivity index (χ1v) is 6.98. The number of aliphatic hydroxyl groups excluding tert-OH is 3. The van der Waals surface area contributed by atoms with E-state index in [1.165, 1.54) is 13.3 Å². The summed E-state index contributed by atoms with van der Waals surface area (Å²) in [6, 6.07) is 7.21. The molecule has 0 radical (unpaired) electrons. The van der Waals surface area contributed by atoms with Crippen molar-refractivity contribution in [1.82, 2.24) is 4.98 Å². The smallest absolute Gasteiger partial charge is 0.186 e. The highest BCUT2D eigenvalue weighted by Gasteiger charge is 2.57.